The molecule has 2 N–H and O–H groups in total. The van der Waals surface area contributed by atoms with Crippen molar-refractivity contribution in [2.45, 2.75) is 19.6 Å². The maximum absolute atomic E-state index is 12.2. The number of anilines is 1. The van der Waals surface area contributed by atoms with Crippen LogP contribution < -0.4 is 5.32 Å². The number of carbonyl (C=O) groups excluding carboxylic acids is 2. The Bertz CT molecular complexity index is 770. The average Bonchev–Trinajstić information content (AvgIpc) is 2.57. The molecule has 0 aliphatic rings. The van der Waals surface area contributed by atoms with Crippen LogP contribution in [0, 0.1) is 0 Å². The minimum atomic E-state index is -1.08. The van der Waals surface area contributed by atoms with Crippen LogP contribution in [0.3, 0.4) is 0 Å². The predicted octanol–water partition coefficient (Wildman–Crippen LogP) is 4.32. The zero-order chi connectivity index (χ0) is 18.6. The van der Waals surface area contributed by atoms with E-state index in [1.807, 2.05) is 0 Å². The third-order valence-electron chi connectivity index (χ3n) is 3.28. The molecule has 5 nitrogen and oxygen atoms in total. The SMILES string of the molecule is C[C@H](OC(=O)c1ccc(CO)cc1)C(=O)Nc1c(Cl)cc(Cl)cc1Cl. The van der Waals surface area contributed by atoms with Crippen LogP contribution in [0.2, 0.25) is 15.1 Å². The Balaban J connectivity index is 2.03. The summed E-state index contributed by atoms with van der Waals surface area (Å²) in [7, 11) is 0. The fraction of sp³-hybridized carbons (Fsp3) is 0.176. The summed E-state index contributed by atoms with van der Waals surface area (Å²) in [4.78, 5) is 24.3. The largest absolute Gasteiger partial charge is 0.449 e. The van der Waals surface area contributed by atoms with Crippen molar-refractivity contribution in [3.63, 3.8) is 0 Å². The highest BCUT2D eigenvalue weighted by molar-refractivity contribution is 6.42. The summed E-state index contributed by atoms with van der Waals surface area (Å²) in [6, 6.07) is 9.06. The van der Waals surface area contributed by atoms with Gasteiger partial charge in [-0.25, -0.2) is 4.79 Å². The number of hydrogen-bond acceptors (Lipinski definition) is 4. The van der Waals surface area contributed by atoms with Gasteiger partial charge in [0.2, 0.25) is 0 Å². The van der Waals surface area contributed by atoms with E-state index in [1.54, 1.807) is 12.1 Å². The minimum Gasteiger partial charge on any atom is -0.449 e. The zero-order valence-corrected chi connectivity index (χ0v) is 15.3. The molecule has 0 fully saturated rings. The van der Waals surface area contributed by atoms with Crippen LogP contribution in [0.25, 0.3) is 0 Å². The molecule has 0 unspecified atom stereocenters. The first-order chi connectivity index (χ1) is 11.8. The second kappa shape index (κ2) is 8.54. The number of carbonyl (C=O) groups is 2. The smallest absolute Gasteiger partial charge is 0.338 e. The van der Waals surface area contributed by atoms with Gasteiger partial charge < -0.3 is 15.2 Å². The van der Waals surface area contributed by atoms with Gasteiger partial charge >= 0.3 is 5.97 Å². The van der Waals surface area contributed by atoms with Crippen molar-refractivity contribution in [3.8, 4) is 0 Å². The first-order valence-electron chi connectivity index (χ1n) is 7.18. The number of benzene rings is 2. The number of hydrogen-bond donors (Lipinski definition) is 2. The van der Waals surface area contributed by atoms with Crippen LogP contribution in [0.15, 0.2) is 36.4 Å². The van der Waals surface area contributed by atoms with Crippen molar-refractivity contribution < 1.29 is 19.4 Å². The molecule has 0 bridgehead atoms. The topological polar surface area (TPSA) is 75.6 Å². The Labute approximate surface area is 159 Å². The molecule has 8 heteroatoms. The molecule has 132 valence electrons. The quantitative estimate of drug-likeness (QED) is 0.730. The Kier molecular flexibility index (Phi) is 6.67. The second-order valence-corrected chi connectivity index (χ2v) is 6.39. The van der Waals surface area contributed by atoms with Gasteiger partial charge in [-0.3, -0.25) is 4.79 Å². The van der Waals surface area contributed by atoms with Gasteiger partial charge in [0.05, 0.1) is 27.9 Å². The lowest BCUT2D eigenvalue weighted by atomic mass is 10.1. The number of ether oxygens (including phenoxy) is 1. The number of aliphatic hydroxyl groups is 1. The van der Waals surface area contributed by atoms with Gasteiger partial charge in [0.15, 0.2) is 6.10 Å². The highest BCUT2D eigenvalue weighted by atomic mass is 35.5. The van der Waals surface area contributed by atoms with Crippen molar-refractivity contribution >= 4 is 52.4 Å². The first-order valence-corrected chi connectivity index (χ1v) is 8.31. The summed E-state index contributed by atoms with van der Waals surface area (Å²) < 4.78 is 5.12. The van der Waals surface area contributed by atoms with E-state index in [1.165, 1.54) is 31.2 Å². The van der Waals surface area contributed by atoms with Crippen molar-refractivity contribution in [3.05, 3.63) is 62.6 Å². The molecule has 0 heterocycles. The number of amides is 1. The van der Waals surface area contributed by atoms with Crippen molar-refractivity contribution in [2.75, 3.05) is 5.32 Å². The maximum Gasteiger partial charge on any atom is 0.338 e. The van der Waals surface area contributed by atoms with Gasteiger partial charge in [-0.05, 0) is 36.8 Å². The van der Waals surface area contributed by atoms with Gasteiger partial charge in [0.25, 0.3) is 5.91 Å². The Hall–Kier alpha value is -1.79. The molecule has 2 aromatic carbocycles. The third kappa shape index (κ3) is 5.09. The monoisotopic (exact) mass is 401 g/mol. The van der Waals surface area contributed by atoms with Gasteiger partial charge in [-0.15, -0.1) is 0 Å². The van der Waals surface area contributed by atoms with E-state index in [-0.39, 0.29) is 27.9 Å². The van der Waals surface area contributed by atoms with Crippen molar-refractivity contribution in [1.29, 1.82) is 0 Å². The molecule has 0 spiro atoms. The number of rotatable bonds is 5. The van der Waals surface area contributed by atoms with Gasteiger partial charge in [0, 0.05) is 5.02 Å². The van der Waals surface area contributed by atoms with E-state index in [9.17, 15) is 9.59 Å². The molecule has 1 amide bonds. The molecule has 2 aromatic rings. The highest BCUT2D eigenvalue weighted by Crippen LogP contribution is 2.33. The Morgan fingerprint density at radius 1 is 1.12 bits per heavy atom. The zero-order valence-electron chi connectivity index (χ0n) is 13.1. The molecule has 0 aliphatic heterocycles. The molecule has 0 aliphatic carbocycles. The summed E-state index contributed by atoms with van der Waals surface area (Å²) in [6.07, 6.45) is -1.08. The minimum absolute atomic E-state index is 0.128. The number of nitrogens with one attached hydrogen (secondary N) is 1. The lowest BCUT2D eigenvalue weighted by Gasteiger charge is -2.15. The molecular weight excluding hydrogens is 389 g/mol. The fourth-order valence-corrected chi connectivity index (χ4v) is 2.83. The molecule has 0 radical (unpaired) electrons. The summed E-state index contributed by atoms with van der Waals surface area (Å²) in [5, 5.41) is 12.2. The lowest BCUT2D eigenvalue weighted by Crippen LogP contribution is -2.30. The lowest BCUT2D eigenvalue weighted by molar-refractivity contribution is -0.123. The second-order valence-electron chi connectivity index (χ2n) is 5.14. The summed E-state index contributed by atoms with van der Waals surface area (Å²) in [5.41, 5.74) is 1.11. The molecule has 1 atom stereocenters. The van der Waals surface area contributed by atoms with Crippen LogP contribution >= 0.6 is 34.8 Å². The Morgan fingerprint density at radius 3 is 2.20 bits per heavy atom. The standard InChI is InChI=1S/C17H14Cl3NO4/c1-9(25-17(24)11-4-2-10(8-22)3-5-11)16(23)21-15-13(19)6-12(18)7-14(15)20/h2-7,9,22H,8H2,1H3,(H,21,23)/t9-/m0/s1. The average molecular weight is 403 g/mol. The predicted molar refractivity (Wildman–Crippen MR) is 97.3 cm³/mol. The number of halogens is 3. The van der Waals surface area contributed by atoms with Crippen molar-refractivity contribution in [2.24, 2.45) is 0 Å². The van der Waals surface area contributed by atoms with Crippen LogP contribution in [0.1, 0.15) is 22.8 Å². The van der Waals surface area contributed by atoms with E-state index in [4.69, 9.17) is 44.6 Å². The Morgan fingerprint density at radius 2 is 1.68 bits per heavy atom. The van der Waals surface area contributed by atoms with E-state index < -0.39 is 18.0 Å². The first kappa shape index (κ1) is 19.5. The normalized spacial score (nSPS) is 11.7. The number of aliphatic hydroxyl groups excluding tert-OH is 1. The highest BCUT2D eigenvalue weighted by Gasteiger charge is 2.21. The van der Waals surface area contributed by atoms with Gasteiger partial charge in [-0.2, -0.15) is 0 Å². The van der Waals surface area contributed by atoms with E-state index in [0.717, 1.165) is 0 Å². The van der Waals surface area contributed by atoms with Crippen molar-refractivity contribution in [1.82, 2.24) is 0 Å². The van der Waals surface area contributed by atoms with Crippen LogP contribution in [0.5, 0.6) is 0 Å². The van der Waals surface area contributed by atoms with E-state index in [0.29, 0.717) is 10.6 Å². The molecule has 25 heavy (non-hydrogen) atoms. The summed E-state index contributed by atoms with van der Waals surface area (Å²) in [6.45, 7) is 1.30. The summed E-state index contributed by atoms with van der Waals surface area (Å²) in [5.74, 6) is -1.26. The van der Waals surface area contributed by atoms with Crippen LogP contribution in [-0.4, -0.2) is 23.1 Å². The third-order valence-corrected chi connectivity index (χ3v) is 4.09. The van der Waals surface area contributed by atoms with Crippen LogP contribution in [0.4, 0.5) is 5.69 Å². The molecular formula is C17H14Cl3NO4. The molecule has 0 saturated carbocycles. The number of esters is 1. The fourth-order valence-electron chi connectivity index (χ4n) is 1.91. The van der Waals surface area contributed by atoms with E-state index >= 15 is 0 Å². The summed E-state index contributed by atoms with van der Waals surface area (Å²) >= 11 is 17.8. The van der Waals surface area contributed by atoms with Crippen LogP contribution in [-0.2, 0) is 16.1 Å². The van der Waals surface area contributed by atoms with Gasteiger partial charge in [-0.1, -0.05) is 46.9 Å². The molecule has 0 aromatic heterocycles. The maximum atomic E-state index is 12.2. The van der Waals surface area contributed by atoms with Gasteiger partial charge in [0.1, 0.15) is 0 Å². The molecule has 2 rings (SSSR count). The molecule has 0 saturated heterocycles. The van der Waals surface area contributed by atoms with E-state index in [2.05, 4.69) is 5.32 Å².